The molecule has 0 saturated carbocycles. The van der Waals surface area contributed by atoms with Gasteiger partial charge in [0.1, 0.15) is 5.82 Å². The van der Waals surface area contributed by atoms with Crippen molar-refractivity contribution in [3.8, 4) is 0 Å². The first-order chi connectivity index (χ1) is 15.8. The molecule has 0 saturated heterocycles. The average molecular weight is 451 g/mol. The number of carboxylic acids is 1. The number of amides is 1. The lowest BCUT2D eigenvalue weighted by molar-refractivity contribution is -0.157. The van der Waals surface area contributed by atoms with Crippen molar-refractivity contribution in [2.24, 2.45) is 0 Å². The third-order valence-corrected chi connectivity index (χ3v) is 4.38. The zero-order valence-corrected chi connectivity index (χ0v) is 17.0. The number of hydrogen-bond acceptors (Lipinski definition) is 6. The van der Waals surface area contributed by atoms with Crippen molar-refractivity contribution in [3.05, 3.63) is 102 Å². The Kier molecular flexibility index (Phi) is 7.48. The third kappa shape index (κ3) is 6.23. The molecule has 168 valence electrons. The van der Waals surface area contributed by atoms with E-state index in [1.54, 1.807) is 36.4 Å². The number of halogens is 1. The number of ether oxygens (including phenoxy) is 2. The number of benzene rings is 3. The Morgan fingerprint density at radius 3 is 1.61 bits per heavy atom. The van der Waals surface area contributed by atoms with E-state index in [9.17, 15) is 28.7 Å². The second kappa shape index (κ2) is 10.7. The van der Waals surface area contributed by atoms with Gasteiger partial charge in [-0.1, -0.05) is 36.4 Å². The highest BCUT2D eigenvalue weighted by molar-refractivity contribution is 6.01. The maximum absolute atomic E-state index is 13.2. The van der Waals surface area contributed by atoms with Crippen LogP contribution in [-0.2, 0) is 19.1 Å². The van der Waals surface area contributed by atoms with Crippen molar-refractivity contribution in [2.75, 3.05) is 5.32 Å². The zero-order chi connectivity index (χ0) is 23.8. The van der Waals surface area contributed by atoms with Crippen molar-refractivity contribution in [1.82, 2.24) is 0 Å². The van der Waals surface area contributed by atoms with Gasteiger partial charge in [0.15, 0.2) is 0 Å². The Labute approximate surface area is 187 Å². The number of carbonyl (C=O) groups is 4. The lowest BCUT2D eigenvalue weighted by atomic mass is 10.1. The SMILES string of the molecule is O=C(O[C@H](C(=O)Nc1ccc(F)cc1)[C@@H](OC(=O)c1ccccc1)C(=O)O)c1ccccc1. The zero-order valence-electron chi connectivity index (χ0n) is 17.0. The first-order valence-electron chi connectivity index (χ1n) is 9.66. The van der Waals surface area contributed by atoms with E-state index in [1.807, 2.05) is 0 Å². The molecule has 0 aliphatic heterocycles. The monoisotopic (exact) mass is 451 g/mol. The molecule has 0 spiro atoms. The van der Waals surface area contributed by atoms with E-state index in [-0.39, 0.29) is 16.8 Å². The number of nitrogens with one attached hydrogen (secondary N) is 1. The lowest BCUT2D eigenvalue weighted by Gasteiger charge is -2.23. The minimum atomic E-state index is -2.16. The van der Waals surface area contributed by atoms with Gasteiger partial charge in [-0.3, -0.25) is 4.79 Å². The molecule has 9 heteroatoms. The van der Waals surface area contributed by atoms with Crippen LogP contribution in [0.25, 0.3) is 0 Å². The fraction of sp³-hybridized carbons (Fsp3) is 0.0833. The maximum Gasteiger partial charge on any atom is 0.349 e. The molecule has 33 heavy (non-hydrogen) atoms. The highest BCUT2D eigenvalue weighted by atomic mass is 19.1. The Morgan fingerprint density at radius 1 is 0.697 bits per heavy atom. The van der Waals surface area contributed by atoms with Crippen LogP contribution in [0.5, 0.6) is 0 Å². The molecule has 0 bridgehead atoms. The van der Waals surface area contributed by atoms with Crippen molar-refractivity contribution in [2.45, 2.75) is 12.2 Å². The van der Waals surface area contributed by atoms with Gasteiger partial charge in [0.05, 0.1) is 11.1 Å². The van der Waals surface area contributed by atoms with Gasteiger partial charge in [0.25, 0.3) is 5.91 Å². The van der Waals surface area contributed by atoms with E-state index >= 15 is 0 Å². The molecular weight excluding hydrogens is 433 g/mol. The minimum Gasteiger partial charge on any atom is -0.478 e. The van der Waals surface area contributed by atoms with Crippen LogP contribution in [0.2, 0.25) is 0 Å². The van der Waals surface area contributed by atoms with Crippen molar-refractivity contribution >= 4 is 29.5 Å². The third-order valence-electron chi connectivity index (χ3n) is 4.38. The quantitative estimate of drug-likeness (QED) is 0.505. The van der Waals surface area contributed by atoms with Crippen LogP contribution in [0.4, 0.5) is 10.1 Å². The Bertz CT molecular complexity index is 1130. The summed E-state index contributed by atoms with van der Waals surface area (Å²) in [5, 5.41) is 12.0. The molecule has 8 nitrogen and oxygen atoms in total. The molecular formula is C24H18FNO7. The largest absolute Gasteiger partial charge is 0.478 e. The Morgan fingerprint density at radius 2 is 1.15 bits per heavy atom. The summed E-state index contributed by atoms with van der Waals surface area (Å²) in [6.07, 6.45) is -4.21. The lowest BCUT2D eigenvalue weighted by Crippen LogP contribution is -2.48. The second-order valence-corrected chi connectivity index (χ2v) is 6.72. The molecule has 3 rings (SSSR count). The average Bonchev–Trinajstić information content (AvgIpc) is 2.83. The number of esters is 2. The molecule has 3 aromatic carbocycles. The molecule has 0 unspecified atom stereocenters. The van der Waals surface area contributed by atoms with Crippen molar-refractivity contribution in [1.29, 1.82) is 0 Å². The van der Waals surface area contributed by atoms with E-state index in [4.69, 9.17) is 9.47 Å². The van der Waals surface area contributed by atoms with E-state index in [2.05, 4.69) is 5.32 Å². The summed E-state index contributed by atoms with van der Waals surface area (Å²) in [6.45, 7) is 0. The highest BCUT2D eigenvalue weighted by Crippen LogP contribution is 2.16. The summed E-state index contributed by atoms with van der Waals surface area (Å²) >= 11 is 0. The Balaban J connectivity index is 1.89. The molecule has 2 N–H and O–H groups in total. The summed E-state index contributed by atoms with van der Waals surface area (Å²) in [4.78, 5) is 49.8. The molecule has 1 amide bonds. The molecule has 0 fully saturated rings. The number of rotatable bonds is 8. The summed E-state index contributed by atoms with van der Waals surface area (Å²) in [5.74, 6) is -5.38. The fourth-order valence-electron chi connectivity index (χ4n) is 2.76. The second-order valence-electron chi connectivity index (χ2n) is 6.72. The van der Waals surface area contributed by atoms with Gasteiger partial charge in [-0.05, 0) is 48.5 Å². The van der Waals surface area contributed by atoms with Gasteiger partial charge in [-0.25, -0.2) is 18.8 Å². The molecule has 0 aromatic heterocycles. The number of aliphatic carboxylic acids is 1. The van der Waals surface area contributed by atoms with E-state index in [1.165, 1.54) is 36.4 Å². The predicted octanol–water partition coefficient (Wildman–Crippen LogP) is 3.30. The highest BCUT2D eigenvalue weighted by Gasteiger charge is 2.41. The molecule has 0 heterocycles. The first-order valence-corrected chi connectivity index (χ1v) is 9.66. The van der Waals surface area contributed by atoms with Gasteiger partial charge < -0.3 is 19.9 Å². The van der Waals surface area contributed by atoms with Crippen molar-refractivity contribution < 1.29 is 38.1 Å². The van der Waals surface area contributed by atoms with Crippen LogP contribution in [0, 0.1) is 5.82 Å². The number of carbonyl (C=O) groups excluding carboxylic acids is 3. The van der Waals surface area contributed by atoms with Gasteiger partial charge in [-0.2, -0.15) is 0 Å². The van der Waals surface area contributed by atoms with E-state index in [0.717, 1.165) is 12.1 Å². The summed E-state index contributed by atoms with van der Waals surface area (Å²) in [7, 11) is 0. The standard InChI is InChI=1S/C24H18FNO7/c25-17-11-13-18(14-12-17)26-21(27)19(32-23(30)15-7-3-1-4-8-15)20(22(28)29)33-24(31)16-9-5-2-6-10-16/h1-14,19-20H,(H,26,27)(H,28,29)/t19-,20+/m0/s1. The van der Waals surface area contributed by atoms with Gasteiger partial charge >= 0.3 is 17.9 Å². The molecule has 0 aliphatic rings. The van der Waals surface area contributed by atoms with Gasteiger partial charge in [-0.15, -0.1) is 0 Å². The first kappa shape index (κ1) is 23.1. The van der Waals surface area contributed by atoms with Crippen LogP contribution >= 0.6 is 0 Å². The van der Waals surface area contributed by atoms with Crippen molar-refractivity contribution in [3.63, 3.8) is 0 Å². The minimum absolute atomic E-state index is 0.0378. The van der Waals surface area contributed by atoms with Gasteiger partial charge in [0, 0.05) is 5.69 Å². The number of hydrogen-bond donors (Lipinski definition) is 2. The summed E-state index contributed by atoms with van der Waals surface area (Å²) < 4.78 is 23.4. The molecule has 3 aromatic rings. The van der Waals surface area contributed by atoms with E-state index in [0.29, 0.717) is 0 Å². The predicted molar refractivity (Wildman–Crippen MR) is 114 cm³/mol. The topological polar surface area (TPSA) is 119 Å². The maximum atomic E-state index is 13.2. The summed E-state index contributed by atoms with van der Waals surface area (Å²) in [6, 6.07) is 19.7. The number of anilines is 1. The van der Waals surface area contributed by atoms with Crippen LogP contribution in [0.3, 0.4) is 0 Å². The van der Waals surface area contributed by atoms with Crippen LogP contribution in [-0.4, -0.2) is 41.1 Å². The molecule has 0 radical (unpaired) electrons. The van der Waals surface area contributed by atoms with Crippen LogP contribution < -0.4 is 5.32 Å². The molecule has 2 atom stereocenters. The van der Waals surface area contributed by atoms with Gasteiger partial charge in [0.2, 0.25) is 12.2 Å². The summed E-state index contributed by atoms with van der Waals surface area (Å²) in [5.41, 5.74) is 0.201. The van der Waals surface area contributed by atoms with Crippen LogP contribution in [0.1, 0.15) is 20.7 Å². The van der Waals surface area contributed by atoms with E-state index < -0.39 is 41.8 Å². The normalized spacial score (nSPS) is 12.2. The number of carboxylic acid groups (broad SMARTS) is 1. The molecule has 0 aliphatic carbocycles. The fourth-order valence-corrected chi connectivity index (χ4v) is 2.76. The Hall–Kier alpha value is -4.53. The van der Waals surface area contributed by atoms with Crippen LogP contribution in [0.15, 0.2) is 84.9 Å². The smallest absolute Gasteiger partial charge is 0.349 e.